The van der Waals surface area contributed by atoms with E-state index in [9.17, 15) is 24.3 Å². The average molecular weight is 475 g/mol. The molecule has 4 aliphatic carbocycles. The Kier molecular flexibility index (Phi) is 6.36. The number of methoxy groups -OCH3 is 1. The van der Waals surface area contributed by atoms with Crippen LogP contribution in [0.2, 0.25) is 0 Å². The highest BCUT2D eigenvalue weighted by molar-refractivity contribution is 6.01. The van der Waals surface area contributed by atoms with Crippen LogP contribution in [0.3, 0.4) is 0 Å². The molecular formula is C26H34O8. The van der Waals surface area contributed by atoms with Gasteiger partial charge in [0, 0.05) is 30.8 Å². The molecule has 0 aromatic rings. The van der Waals surface area contributed by atoms with Gasteiger partial charge in [-0.05, 0) is 56.1 Å². The maximum atomic E-state index is 13.5. The molecule has 0 aromatic heterocycles. The van der Waals surface area contributed by atoms with Crippen molar-refractivity contribution in [2.24, 2.45) is 28.6 Å². The fourth-order valence-electron chi connectivity index (χ4n) is 7.62. The minimum Gasteiger partial charge on any atom is -0.458 e. The minimum absolute atomic E-state index is 0.0157. The van der Waals surface area contributed by atoms with Crippen molar-refractivity contribution in [2.75, 3.05) is 20.3 Å². The number of aliphatic hydroxyl groups is 1. The zero-order valence-corrected chi connectivity index (χ0v) is 20.3. The molecule has 0 spiro atoms. The van der Waals surface area contributed by atoms with Crippen LogP contribution in [-0.4, -0.2) is 60.6 Å². The van der Waals surface area contributed by atoms with Gasteiger partial charge in [0.1, 0.15) is 6.61 Å². The topological polar surface area (TPSA) is 116 Å². The van der Waals surface area contributed by atoms with Crippen LogP contribution < -0.4 is 0 Å². The number of hydrogen-bond acceptors (Lipinski definition) is 8. The van der Waals surface area contributed by atoms with E-state index in [0.717, 1.165) is 18.4 Å². The summed E-state index contributed by atoms with van der Waals surface area (Å²) in [6, 6.07) is 0. The molecule has 8 nitrogen and oxygen atoms in total. The monoisotopic (exact) mass is 474 g/mol. The van der Waals surface area contributed by atoms with Gasteiger partial charge in [-0.25, -0.2) is 4.79 Å². The third-order valence-corrected chi connectivity index (χ3v) is 9.02. The van der Waals surface area contributed by atoms with E-state index >= 15 is 0 Å². The zero-order valence-electron chi connectivity index (χ0n) is 20.3. The smallest absolute Gasteiger partial charge is 0.333 e. The summed E-state index contributed by atoms with van der Waals surface area (Å²) in [5.41, 5.74) is -1.73. The number of fused-ring (bicyclic) bond motifs is 5. The lowest BCUT2D eigenvalue weighted by Crippen LogP contribution is -2.63. The maximum absolute atomic E-state index is 13.5. The number of allylic oxidation sites excluding steroid dienone is 4. The molecular weight excluding hydrogens is 440 g/mol. The van der Waals surface area contributed by atoms with E-state index in [-0.39, 0.29) is 36.6 Å². The molecule has 0 aromatic carbocycles. The third kappa shape index (κ3) is 3.66. The standard InChI is InChI=1S/C26H34O8/c1-15(27)33-13-21(30)26(34-22(31)14-32-4)10-8-19-18-6-5-16-11-17(28)7-9-24(16,2)23(18)20(29)12-25(19,26)3/h7,9,11,18-20,23,29H,5-6,8,10,12-14H2,1-4H3/t18-,19-,20-,23+,24-,25-,26-/m0/s1. The molecule has 0 unspecified atom stereocenters. The van der Waals surface area contributed by atoms with Gasteiger partial charge in [-0.3, -0.25) is 14.4 Å². The number of aliphatic hydroxyl groups excluding tert-OH is 1. The molecule has 186 valence electrons. The van der Waals surface area contributed by atoms with Crippen LogP contribution in [0, 0.1) is 28.6 Å². The number of hydrogen-bond donors (Lipinski definition) is 1. The highest BCUT2D eigenvalue weighted by atomic mass is 16.6. The van der Waals surface area contributed by atoms with Gasteiger partial charge in [0.15, 0.2) is 18.0 Å². The quantitative estimate of drug-likeness (QED) is 0.583. The Balaban J connectivity index is 1.72. The molecule has 0 bridgehead atoms. The largest absolute Gasteiger partial charge is 0.458 e. The molecule has 3 fully saturated rings. The molecule has 0 aliphatic heterocycles. The summed E-state index contributed by atoms with van der Waals surface area (Å²) in [7, 11) is 1.37. The van der Waals surface area contributed by atoms with Gasteiger partial charge >= 0.3 is 11.9 Å². The van der Waals surface area contributed by atoms with Crippen LogP contribution in [0.25, 0.3) is 0 Å². The second kappa shape index (κ2) is 8.72. The Morgan fingerprint density at radius 2 is 1.91 bits per heavy atom. The van der Waals surface area contributed by atoms with Crippen molar-refractivity contribution < 1.29 is 38.5 Å². The summed E-state index contributed by atoms with van der Waals surface area (Å²) in [6.07, 6.45) is 7.18. The van der Waals surface area contributed by atoms with Crippen LogP contribution in [0.1, 0.15) is 52.9 Å². The molecule has 4 aliphatic rings. The minimum atomic E-state index is -1.51. The first kappa shape index (κ1) is 24.8. The molecule has 0 amide bonds. The number of Topliss-reactive ketones (excluding diaryl/α,β-unsaturated/α-hetero) is 1. The zero-order chi connectivity index (χ0) is 24.9. The first-order valence-corrected chi connectivity index (χ1v) is 12.0. The summed E-state index contributed by atoms with van der Waals surface area (Å²) < 4.78 is 15.8. The SMILES string of the molecule is COCC(=O)O[C@]1(C(=O)COC(C)=O)CC[C@H]2[C@@H]3CCC4=CC(=O)C=C[C@]4(C)[C@H]3[C@@H](O)C[C@@]21C. The summed E-state index contributed by atoms with van der Waals surface area (Å²) in [4.78, 5) is 49.5. The molecule has 8 heteroatoms. The third-order valence-electron chi connectivity index (χ3n) is 9.02. The number of ether oxygens (including phenoxy) is 3. The van der Waals surface area contributed by atoms with Crippen LogP contribution >= 0.6 is 0 Å². The van der Waals surface area contributed by atoms with Gasteiger partial charge in [-0.15, -0.1) is 0 Å². The predicted octanol–water partition coefficient (Wildman–Crippen LogP) is 2.33. The Bertz CT molecular complexity index is 966. The van der Waals surface area contributed by atoms with Gasteiger partial charge in [0.05, 0.1) is 6.10 Å². The number of carbonyl (C=O) groups excluding carboxylic acids is 4. The van der Waals surface area contributed by atoms with Gasteiger partial charge in [0.2, 0.25) is 5.78 Å². The van der Waals surface area contributed by atoms with Gasteiger partial charge in [-0.2, -0.15) is 0 Å². The fraction of sp³-hybridized carbons (Fsp3) is 0.692. The van der Waals surface area contributed by atoms with Crippen molar-refractivity contribution in [3.63, 3.8) is 0 Å². The van der Waals surface area contributed by atoms with E-state index < -0.39 is 46.9 Å². The van der Waals surface area contributed by atoms with Crippen LogP contribution in [0.4, 0.5) is 0 Å². The normalized spacial score (nSPS) is 40.5. The summed E-state index contributed by atoms with van der Waals surface area (Å²) in [6.45, 7) is 4.43. The number of rotatable bonds is 6. The van der Waals surface area contributed by atoms with Crippen LogP contribution in [-0.2, 0) is 33.4 Å². The maximum Gasteiger partial charge on any atom is 0.333 e. The first-order chi connectivity index (χ1) is 16.0. The molecule has 0 radical (unpaired) electrons. The predicted molar refractivity (Wildman–Crippen MR) is 120 cm³/mol. The van der Waals surface area contributed by atoms with Crippen molar-refractivity contribution in [2.45, 2.75) is 64.6 Å². The Morgan fingerprint density at radius 1 is 1.18 bits per heavy atom. The average Bonchev–Trinajstić information content (AvgIpc) is 3.04. The van der Waals surface area contributed by atoms with Crippen LogP contribution in [0.15, 0.2) is 23.8 Å². The van der Waals surface area contributed by atoms with E-state index in [1.165, 1.54) is 14.0 Å². The lowest BCUT2D eigenvalue weighted by molar-refractivity contribution is -0.203. The van der Waals surface area contributed by atoms with Crippen LogP contribution in [0.5, 0.6) is 0 Å². The van der Waals surface area contributed by atoms with Gasteiger partial charge < -0.3 is 19.3 Å². The second-order valence-corrected chi connectivity index (χ2v) is 10.7. The second-order valence-electron chi connectivity index (χ2n) is 10.7. The molecule has 1 N–H and O–H groups in total. The van der Waals surface area contributed by atoms with Gasteiger partial charge in [0.25, 0.3) is 0 Å². The Morgan fingerprint density at radius 3 is 2.59 bits per heavy atom. The van der Waals surface area contributed by atoms with E-state index in [0.29, 0.717) is 12.8 Å². The van der Waals surface area contributed by atoms with E-state index in [2.05, 4.69) is 6.92 Å². The summed E-state index contributed by atoms with van der Waals surface area (Å²) in [5, 5.41) is 11.5. The molecule has 0 heterocycles. The highest BCUT2D eigenvalue weighted by Crippen LogP contribution is 2.67. The van der Waals surface area contributed by atoms with Gasteiger partial charge in [-0.1, -0.05) is 25.5 Å². The highest BCUT2D eigenvalue weighted by Gasteiger charge is 2.70. The Hall–Kier alpha value is -2.32. The molecule has 34 heavy (non-hydrogen) atoms. The Labute approximate surface area is 199 Å². The van der Waals surface area contributed by atoms with Crippen molar-refractivity contribution >= 4 is 23.5 Å². The van der Waals surface area contributed by atoms with Crippen molar-refractivity contribution in [3.8, 4) is 0 Å². The van der Waals surface area contributed by atoms with Crippen molar-refractivity contribution in [1.29, 1.82) is 0 Å². The number of carbonyl (C=O) groups is 4. The lowest BCUT2D eigenvalue weighted by Gasteiger charge is -2.59. The summed E-state index contributed by atoms with van der Waals surface area (Å²) >= 11 is 0. The number of ketones is 2. The van der Waals surface area contributed by atoms with E-state index in [1.807, 2.05) is 13.0 Å². The van der Waals surface area contributed by atoms with E-state index in [4.69, 9.17) is 14.2 Å². The molecule has 0 saturated heterocycles. The van der Waals surface area contributed by atoms with Crippen molar-refractivity contribution in [3.05, 3.63) is 23.8 Å². The number of esters is 2. The first-order valence-electron chi connectivity index (χ1n) is 12.0. The molecule has 7 atom stereocenters. The molecule has 3 saturated carbocycles. The fourth-order valence-corrected chi connectivity index (χ4v) is 7.62. The van der Waals surface area contributed by atoms with Crippen molar-refractivity contribution in [1.82, 2.24) is 0 Å². The molecule has 4 rings (SSSR count). The van der Waals surface area contributed by atoms with E-state index in [1.54, 1.807) is 12.2 Å². The lowest BCUT2D eigenvalue weighted by atomic mass is 9.46. The summed E-state index contributed by atoms with van der Waals surface area (Å²) in [5.74, 6) is -1.75.